The van der Waals surface area contributed by atoms with Crippen LogP contribution >= 0.6 is 0 Å². The van der Waals surface area contributed by atoms with Gasteiger partial charge in [0.1, 0.15) is 11.3 Å². The molecule has 209 valence electrons. The number of para-hydroxylation sites is 2. The van der Waals surface area contributed by atoms with Gasteiger partial charge in [0.15, 0.2) is 5.78 Å². The van der Waals surface area contributed by atoms with E-state index >= 15 is 0 Å². The standard InChI is InChI=1S/C28H24NO.C8H8O2.Ir/c1-18-15-23-21-12-7-8-14-26(21)30-28(23)24(16-18)27-22-13-6-5-11-20(22)25(17-29-27)19-9-3-2-4-10-19;1-6(9)7-4-2-3-5-8(7)10;/h5-8,11-15,17,19H,2-4,9-10H2,1H3;2-5,10H,1H3;/q-1;;. The number of carbonyl (C=O) groups excluding carboxylic acids is 1. The minimum absolute atomic E-state index is 0. The first kappa shape index (κ1) is 28.7. The first-order valence-corrected chi connectivity index (χ1v) is 14.0. The number of phenols is 1. The summed E-state index contributed by atoms with van der Waals surface area (Å²) >= 11 is 0. The number of aromatic nitrogens is 1. The number of benzene rings is 4. The van der Waals surface area contributed by atoms with Crippen LogP contribution in [0.25, 0.3) is 44.0 Å². The number of carbonyl (C=O) groups is 1. The third-order valence-electron chi connectivity index (χ3n) is 7.94. The third kappa shape index (κ3) is 5.70. The maximum Gasteiger partial charge on any atom is 0.163 e. The van der Waals surface area contributed by atoms with E-state index < -0.39 is 0 Å². The summed E-state index contributed by atoms with van der Waals surface area (Å²) < 4.78 is 6.32. The molecule has 1 saturated carbocycles. The SMILES string of the molecule is CC(=O)c1ccccc1O.Cc1[c-]c(-c2ncc(C3CCCCC3)c3ccccc23)c2oc3ccccc3c2c1.[Ir]. The number of aryl methyl sites for hydroxylation is 1. The maximum atomic E-state index is 10.7. The minimum atomic E-state index is -0.113. The number of nitrogens with zero attached hydrogens (tertiary/aromatic N) is 1. The van der Waals surface area contributed by atoms with Gasteiger partial charge in [0.05, 0.1) is 11.1 Å². The molecule has 2 aromatic heterocycles. The predicted octanol–water partition coefficient (Wildman–Crippen LogP) is 9.55. The Labute approximate surface area is 253 Å². The van der Waals surface area contributed by atoms with E-state index in [0.29, 0.717) is 11.5 Å². The summed E-state index contributed by atoms with van der Waals surface area (Å²) in [7, 11) is 0. The predicted molar refractivity (Wildman–Crippen MR) is 162 cm³/mol. The second-order valence-corrected chi connectivity index (χ2v) is 10.7. The molecule has 0 atom stereocenters. The fraction of sp³-hybridized carbons (Fsp3) is 0.222. The topological polar surface area (TPSA) is 63.3 Å². The summed E-state index contributed by atoms with van der Waals surface area (Å²) in [6, 6.07) is 29.2. The zero-order valence-corrected chi connectivity index (χ0v) is 25.6. The van der Waals surface area contributed by atoms with Crippen LogP contribution in [0.4, 0.5) is 0 Å². The van der Waals surface area contributed by atoms with Crippen LogP contribution < -0.4 is 0 Å². The van der Waals surface area contributed by atoms with Gasteiger partial charge in [-0.15, -0.1) is 17.7 Å². The zero-order chi connectivity index (χ0) is 27.6. The second kappa shape index (κ2) is 12.4. The molecule has 0 amide bonds. The van der Waals surface area contributed by atoms with Gasteiger partial charge in [-0.2, -0.15) is 0 Å². The van der Waals surface area contributed by atoms with Crippen LogP contribution in [0.2, 0.25) is 0 Å². The number of rotatable bonds is 3. The molecule has 1 radical (unpaired) electrons. The van der Waals surface area contributed by atoms with Crippen molar-refractivity contribution in [2.45, 2.75) is 51.9 Å². The molecule has 0 bridgehead atoms. The monoisotopic (exact) mass is 719 g/mol. The molecule has 7 rings (SSSR count). The van der Waals surface area contributed by atoms with Crippen molar-refractivity contribution in [1.29, 1.82) is 0 Å². The van der Waals surface area contributed by atoms with E-state index in [1.54, 1.807) is 18.2 Å². The van der Waals surface area contributed by atoms with Crippen molar-refractivity contribution in [3.8, 4) is 17.0 Å². The fourth-order valence-corrected chi connectivity index (χ4v) is 5.99. The van der Waals surface area contributed by atoms with Crippen LogP contribution in [-0.4, -0.2) is 15.9 Å². The largest absolute Gasteiger partial charge is 0.507 e. The number of Topliss-reactive ketones (excluding diaryl/α,β-unsaturated/α-hetero) is 1. The summed E-state index contributed by atoms with van der Waals surface area (Å²) in [6.07, 6.45) is 8.68. The molecular formula is C36H32IrNO3-. The summed E-state index contributed by atoms with van der Waals surface area (Å²) in [5.74, 6) is 0.561. The Kier molecular flexibility index (Phi) is 8.68. The first-order chi connectivity index (χ1) is 19.5. The van der Waals surface area contributed by atoms with Gasteiger partial charge in [0.25, 0.3) is 0 Å². The second-order valence-electron chi connectivity index (χ2n) is 10.7. The van der Waals surface area contributed by atoms with Gasteiger partial charge in [0.2, 0.25) is 0 Å². The Morgan fingerprint density at radius 3 is 2.24 bits per heavy atom. The number of phenolic OH excluding ortho intramolecular Hbond substituents is 1. The molecule has 0 unspecified atom stereocenters. The van der Waals surface area contributed by atoms with Crippen molar-refractivity contribution in [2.24, 2.45) is 0 Å². The van der Waals surface area contributed by atoms with E-state index in [1.165, 1.54) is 61.4 Å². The average molecular weight is 719 g/mol. The summed E-state index contributed by atoms with van der Waals surface area (Å²) in [5.41, 5.74) is 6.61. The molecule has 4 nitrogen and oxygen atoms in total. The van der Waals surface area contributed by atoms with E-state index in [9.17, 15) is 4.79 Å². The van der Waals surface area contributed by atoms with Gasteiger partial charge in [-0.05, 0) is 65.9 Å². The van der Waals surface area contributed by atoms with E-state index in [2.05, 4.69) is 61.7 Å². The number of furan rings is 1. The van der Waals surface area contributed by atoms with E-state index in [-0.39, 0.29) is 31.6 Å². The molecule has 0 spiro atoms. The van der Waals surface area contributed by atoms with Crippen molar-refractivity contribution in [3.63, 3.8) is 0 Å². The number of pyridine rings is 1. The van der Waals surface area contributed by atoms with Crippen molar-refractivity contribution in [2.75, 3.05) is 0 Å². The van der Waals surface area contributed by atoms with Crippen LogP contribution in [0.1, 0.15) is 66.4 Å². The van der Waals surface area contributed by atoms with Crippen LogP contribution in [-0.2, 0) is 20.1 Å². The Morgan fingerprint density at radius 1 is 0.878 bits per heavy atom. The smallest absolute Gasteiger partial charge is 0.163 e. The molecule has 1 aliphatic rings. The number of ketones is 1. The Balaban J connectivity index is 0.000000263. The van der Waals surface area contributed by atoms with Gasteiger partial charge in [-0.3, -0.25) is 4.79 Å². The van der Waals surface area contributed by atoms with Gasteiger partial charge in [0, 0.05) is 31.7 Å². The maximum absolute atomic E-state index is 10.7. The third-order valence-corrected chi connectivity index (χ3v) is 7.94. The van der Waals surface area contributed by atoms with Crippen molar-refractivity contribution in [1.82, 2.24) is 4.98 Å². The quantitative estimate of drug-likeness (QED) is 0.146. The van der Waals surface area contributed by atoms with Crippen molar-refractivity contribution in [3.05, 3.63) is 108 Å². The van der Waals surface area contributed by atoms with E-state index in [1.807, 2.05) is 12.1 Å². The molecule has 1 fully saturated rings. The van der Waals surface area contributed by atoms with Gasteiger partial charge >= 0.3 is 0 Å². The summed E-state index contributed by atoms with van der Waals surface area (Å²) in [5, 5.41) is 13.9. The molecule has 41 heavy (non-hydrogen) atoms. The number of fused-ring (bicyclic) bond motifs is 4. The number of aromatic hydroxyl groups is 1. The normalized spacial score (nSPS) is 13.5. The molecule has 1 aliphatic carbocycles. The Bertz CT molecular complexity index is 1850. The van der Waals surface area contributed by atoms with Gasteiger partial charge in [-0.25, -0.2) is 0 Å². The van der Waals surface area contributed by atoms with Crippen molar-refractivity contribution < 1.29 is 34.4 Å². The molecule has 1 N–H and O–H groups in total. The van der Waals surface area contributed by atoms with Crippen LogP contribution in [0.5, 0.6) is 5.75 Å². The zero-order valence-electron chi connectivity index (χ0n) is 23.2. The van der Waals surface area contributed by atoms with Crippen molar-refractivity contribution >= 4 is 38.5 Å². The summed E-state index contributed by atoms with van der Waals surface area (Å²) in [6.45, 7) is 3.53. The first-order valence-electron chi connectivity index (χ1n) is 14.0. The van der Waals surface area contributed by atoms with Gasteiger partial charge in [-0.1, -0.05) is 91.7 Å². The van der Waals surface area contributed by atoms with E-state index in [0.717, 1.165) is 38.8 Å². The van der Waals surface area contributed by atoms with Crippen LogP contribution in [0.3, 0.4) is 0 Å². The van der Waals surface area contributed by atoms with Crippen LogP contribution in [0.15, 0.2) is 89.5 Å². The molecule has 2 heterocycles. The van der Waals surface area contributed by atoms with Gasteiger partial charge < -0.3 is 14.5 Å². The minimum Gasteiger partial charge on any atom is -0.507 e. The molecule has 0 saturated heterocycles. The number of hydrogen-bond donors (Lipinski definition) is 1. The molecule has 4 aromatic carbocycles. The molecular weight excluding hydrogens is 687 g/mol. The Morgan fingerprint density at radius 2 is 1.54 bits per heavy atom. The fourth-order valence-electron chi connectivity index (χ4n) is 5.99. The van der Waals surface area contributed by atoms with E-state index in [4.69, 9.17) is 14.5 Å². The Hall–Kier alpha value is -3.79. The molecule has 5 heteroatoms. The average Bonchev–Trinajstić information content (AvgIpc) is 3.36. The summed E-state index contributed by atoms with van der Waals surface area (Å²) in [4.78, 5) is 15.7. The molecule has 0 aliphatic heterocycles. The van der Waals surface area contributed by atoms with Crippen LogP contribution in [0, 0.1) is 13.0 Å². The molecule has 6 aromatic rings. The number of hydrogen-bond acceptors (Lipinski definition) is 4.